The molecule has 1 saturated heterocycles. The highest BCUT2D eigenvalue weighted by Crippen LogP contribution is 2.01. The highest BCUT2D eigenvalue weighted by Gasteiger charge is 2.17. The minimum atomic E-state index is 0. The molecule has 1 rings (SSSR count). The first kappa shape index (κ1) is 8.72. The maximum Gasteiger partial charge on any atom is 0.221 e. The molecule has 0 bridgehead atoms. The van der Waals surface area contributed by atoms with Crippen molar-refractivity contribution >= 4 is 18.3 Å². The van der Waals surface area contributed by atoms with Crippen molar-refractivity contribution in [3.05, 3.63) is 0 Å². The van der Waals surface area contributed by atoms with E-state index in [1.807, 2.05) is 7.05 Å². The predicted octanol–water partition coefficient (Wildman–Crippen LogP) is -0.136. The van der Waals surface area contributed by atoms with E-state index in [0.29, 0.717) is 6.42 Å². The number of amides is 1. The fourth-order valence-electron chi connectivity index (χ4n) is 0.831. The van der Waals surface area contributed by atoms with Gasteiger partial charge in [-0.1, -0.05) is 0 Å². The Labute approximate surface area is 60.6 Å². The zero-order valence-electron chi connectivity index (χ0n) is 5.31. The van der Waals surface area contributed by atoms with Gasteiger partial charge in [0.05, 0.1) is 6.17 Å². The van der Waals surface area contributed by atoms with Gasteiger partial charge in [0.15, 0.2) is 0 Å². The summed E-state index contributed by atoms with van der Waals surface area (Å²) in [5.41, 5.74) is 0. The molecule has 2 N–H and O–H groups in total. The third kappa shape index (κ3) is 2.20. The topological polar surface area (TPSA) is 41.1 Å². The molecule has 9 heavy (non-hydrogen) atoms. The van der Waals surface area contributed by atoms with Gasteiger partial charge in [0.1, 0.15) is 0 Å². The van der Waals surface area contributed by atoms with Crippen molar-refractivity contribution in [3.8, 4) is 0 Å². The molecule has 1 aliphatic heterocycles. The van der Waals surface area contributed by atoms with Crippen LogP contribution >= 0.6 is 12.4 Å². The first-order valence-corrected chi connectivity index (χ1v) is 2.79. The average Bonchev–Trinajstić information content (AvgIpc) is 2.14. The summed E-state index contributed by atoms with van der Waals surface area (Å²) in [6.07, 6.45) is 1.82. The van der Waals surface area contributed by atoms with Gasteiger partial charge in [-0.2, -0.15) is 0 Å². The summed E-state index contributed by atoms with van der Waals surface area (Å²) < 4.78 is 0. The van der Waals surface area contributed by atoms with E-state index in [4.69, 9.17) is 0 Å². The van der Waals surface area contributed by atoms with E-state index >= 15 is 0 Å². The lowest BCUT2D eigenvalue weighted by atomic mass is 10.3. The summed E-state index contributed by atoms with van der Waals surface area (Å²) in [5, 5.41) is 5.72. The summed E-state index contributed by atoms with van der Waals surface area (Å²) in [6.45, 7) is 0. The predicted molar refractivity (Wildman–Crippen MR) is 37.5 cm³/mol. The van der Waals surface area contributed by atoms with E-state index in [1.165, 1.54) is 0 Å². The number of hydrogen-bond acceptors (Lipinski definition) is 2. The van der Waals surface area contributed by atoms with Crippen LogP contribution in [0.2, 0.25) is 0 Å². The quantitative estimate of drug-likeness (QED) is 0.547. The molecule has 1 fully saturated rings. The van der Waals surface area contributed by atoms with Crippen LogP contribution in [-0.4, -0.2) is 19.1 Å². The van der Waals surface area contributed by atoms with Crippen LogP contribution < -0.4 is 10.6 Å². The van der Waals surface area contributed by atoms with Crippen molar-refractivity contribution in [1.29, 1.82) is 0 Å². The molecule has 0 saturated carbocycles. The lowest BCUT2D eigenvalue weighted by Gasteiger charge is -2.05. The smallest absolute Gasteiger partial charge is 0.221 e. The highest BCUT2D eigenvalue weighted by molar-refractivity contribution is 5.85. The Morgan fingerprint density at radius 3 is 2.67 bits per heavy atom. The lowest BCUT2D eigenvalue weighted by Crippen LogP contribution is -2.36. The Kier molecular flexibility index (Phi) is 3.58. The molecular formula is C5H11ClN2O. The van der Waals surface area contributed by atoms with Gasteiger partial charge in [0.2, 0.25) is 5.91 Å². The summed E-state index contributed by atoms with van der Waals surface area (Å²) in [4.78, 5) is 10.5. The fraction of sp³-hybridized carbons (Fsp3) is 0.800. The number of hydrogen-bond donors (Lipinski definition) is 2. The molecule has 0 radical (unpaired) electrons. The Hall–Kier alpha value is -0.280. The van der Waals surface area contributed by atoms with Gasteiger partial charge in [-0.3, -0.25) is 4.79 Å². The third-order valence-corrected chi connectivity index (χ3v) is 1.34. The standard InChI is InChI=1S/C5H10N2O.ClH/c1-6-4-2-3-5(8)7-4;/h4,6H,2-3H2,1H3,(H,7,8);1H/t4-;/m0./s1. The lowest BCUT2D eigenvalue weighted by molar-refractivity contribution is -0.119. The number of carbonyl (C=O) groups excluding carboxylic acids is 1. The molecule has 4 heteroatoms. The molecule has 0 aliphatic carbocycles. The summed E-state index contributed by atoms with van der Waals surface area (Å²) >= 11 is 0. The molecule has 1 amide bonds. The molecular weight excluding hydrogens is 140 g/mol. The maximum absolute atomic E-state index is 10.5. The second-order valence-corrected chi connectivity index (χ2v) is 1.95. The van der Waals surface area contributed by atoms with Crippen molar-refractivity contribution in [2.45, 2.75) is 19.0 Å². The zero-order chi connectivity index (χ0) is 5.98. The van der Waals surface area contributed by atoms with Crippen LogP contribution in [0.1, 0.15) is 12.8 Å². The summed E-state index contributed by atoms with van der Waals surface area (Å²) in [6, 6.07) is 0. The van der Waals surface area contributed by atoms with Crippen LogP contribution in [-0.2, 0) is 4.79 Å². The van der Waals surface area contributed by atoms with Gasteiger partial charge in [-0.15, -0.1) is 12.4 Å². The molecule has 0 aromatic heterocycles. The van der Waals surface area contributed by atoms with Gasteiger partial charge in [-0.25, -0.2) is 0 Å². The number of halogens is 1. The van der Waals surface area contributed by atoms with Gasteiger partial charge in [0, 0.05) is 6.42 Å². The van der Waals surface area contributed by atoms with Gasteiger partial charge in [0.25, 0.3) is 0 Å². The van der Waals surface area contributed by atoms with Gasteiger partial charge < -0.3 is 10.6 Å². The molecule has 1 heterocycles. The second kappa shape index (κ2) is 3.69. The largest absolute Gasteiger partial charge is 0.341 e. The van der Waals surface area contributed by atoms with Crippen molar-refractivity contribution in [2.75, 3.05) is 7.05 Å². The number of nitrogens with one attached hydrogen (secondary N) is 2. The molecule has 0 unspecified atom stereocenters. The Bertz CT molecular complexity index is 107. The normalized spacial score (nSPS) is 25.0. The van der Waals surface area contributed by atoms with Crippen LogP contribution in [0, 0.1) is 0 Å². The second-order valence-electron chi connectivity index (χ2n) is 1.95. The molecule has 0 aromatic carbocycles. The van der Waals surface area contributed by atoms with Crippen LogP contribution in [0.3, 0.4) is 0 Å². The summed E-state index contributed by atoms with van der Waals surface area (Å²) in [7, 11) is 1.84. The monoisotopic (exact) mass is 150 g/mol. The Balaban J connectivity index is 0.000000640. The zero-order valence-corrected chi connectivity index (χ0v) is 6.12. The minimum Gasteiger partial charge on any atom is -0.341 e. The fourth-order valence-corrected chi connectivity index (χ4v) is 0.831. The van der Waals surface area contributed by atoms with Crippen molar-refractivity contribution in [3.63, 3.8) is 0 Å². The Morgan fingerprint density at radius 2 is 2.44 bits per heavy atom. The maximum atomic E-state index is 10.5. The van der Waals surface area contributed by atoms with Crippen molar-refractivity contribution in [1.82, 2.24) is 10.6 Å². The van der Waals surface area contributed by atoms with Gasteiger partial charge >= 0.3 is 0 Å². The SMILES string of the molecule is CN[C@@H]1CCC(=O)N1.Cl. The van der Waals surface area contributed by atoms with Crippen LogP contribution in [0.4, 0.5) is 0 Å². The minimum absolute atomic E-state index is 0. The van der Waals surface area contributed by atoms with Crippen LogP contribution in [0.25, 0.3) is 0 Å². The van der Waals surface area contributed by atoms with Crippen molar-refractivity contribution < 1.29 is 4.79 Å². The van der Waals surface area contributed by atoms with Crippen LogP contribution in [0.15, 0.2) is 0 Å². The van der Waals surface area contributed by atoms with Crippen molar-refractivity contribution in [2.24, 2.45) is 0 Å². The number of rotatable bonds is 1. The number of carbonyl (C=O) groups is 1. The average molecular weight is 151 g/mol. The van der Waals surface area contributed by atoms with Crippen LogP contribution in [0.5, 0.6) is 0 Å². The molecule has 54 valence electrons. The van der Waals surface area contributed by atoms with E-state index < -0.39 is 0 Å². The Morgan fingerprint density at radius 1 is 1.78 bits per heavy atom. The first-order chi connectivity index (χ1) is 3.83. The van der Waals surface area contributed by atoms with E-state index in [1.54, 1.807) is 0 Å². The molecule has 0 aromatic rings. The first-order valence-electron chi connectivity index (χ1n) is 2.79. The molecule has 1 atom stereocenters. The van der Waals surface area contributed by atoms with E-state index in [-0.39, 0.29) is 24.5 Å². The van der Waals surface area contributed by atoms with E-state index in [2.05, 4.69) is 10.6 Å². The molecule has 0 spiro atoms. The highest BCUT2D eigenvalue weighted by atomic mass is 35.5. The summed E-state index contributed by atoms with van der Waals surface area (Å²) in [5.74, 6) is 0.157. The third-order valence-electron chi connectivity index (χ3n) is 1.34. The molecule has 1 aliphatic rings. The van der Waals surface area contributed by atoms with E-state index in [9.17, 15) is 4.79 Å². The van der Waals surface area contributed by atoms with E-state index in [0.717, 1.165) is 6.42 Å². The van der Waals surface area contributed by atoms with Gasteiger partial charge in [-0.05, 0) is 13.5 Å². The molecule has 3 nitrogen and oxygen atoms in total.